The molecule has 0 spiro atoms. The van der Waals surface area contributed by atoms with E-state index in [4.69, 9.17) is 5.11 Å². The molecule has 9 nitrogen and oxygen atoms in total. The lowest BCUT2D eigenvalue weighted by atomic mass is 9.50. The Labute approximate surface area is 187 Å². The van der Waals surface area contributed by atoms with E-state index in [1.54, 1.807) is 23.1 Å². The molecule has 4 saturated carbocycles. The number of rotatable bonds is 3. The number of hydrogen-bond acceptors (Lipinski definition) is 5. The Kier molecular flexibility index (Phi) is 6.40. The van der Waals surface area contributed by atoms with Crippen molar-refractivity contribution < 1.29 is 14.3 Å². The molecule has 4 fully saturated rings. The number of H-pyrrole nitrogens is 1. The standard InChI is InChI=1S/C9H7BrN6.C6H9NO2.C5H9F/c10-7-5-11-9(6-1-4-13-16(6)7)14-8-2-3-12-15-8;8-5(9)7-6-1-4(2-6)3-6;6-5-3-1-2-4-5/h1-5H,(H2,11,12,14,15);4,7H,1-3H2,(H,8,9);5H,1-4H2. The maximum absolute atomic E-state index is 11.9. The van der Waals surface area contributed by atoms with Crippen molar-refractivity contribution in [3.8, 4) is 0 Å². The highest BCUT2D eigenvalue weighted by molar-refractivity contribution is 9.10. The van der Waals surface area contributed by atoms with Crippen LogP contribution in [0.1, 0.15) is 44.9 Å². The van der Waals surface area contributed by atoms with E-state index in [1.807, 2.05) is 12.1 Å². The van der Waals surface area contributed by atoms with Crippen LogP contribution in [0.2, 0.25) is 0 Å². The highest BCUT2D eigenvalue weighted by Crippen LogP contribution is 2.56. The average Bonchev–Trinajstić information content (AvgIpc) is 3.43. The number of aromatic amines is 1. The number of anilines is 2. The zero-order valence-corrected chi connectivity index (χ0v) is 18.5. The Morgan fingerprint density at radius 3 is 2.48 bits per heavy atom. The first-order valence-corrected chi connectivity index (χ1v) is 11.1. The smallest absolute Gasteiger partial charge is 0.405 e. The summed E-state index contributed by atoms with van der Waals surface area (Å²) in [5.74, 6) is 2.36. The molecular formula is C20H25BrFN7O2. The molecular weight excluding hydrogens is 469 g/mol. The summed E-state index contributed by atoms with van der Waals surface area (Å²) < 4.78 is 14.5. The minimum absolute atomic E-state index is 0.0382. The van der Waals surface area contributed by atoms with Gasteiger partial charge in [-0.25, -0.2) is 18.7 Å². The molecule has 0 saturated heterocycles. The van der Waals surface area contributed by atoms with E-state index in [2.05, 4.69) is 46.8 Å². The molecule has 2 bridgehead atoms. The number of fused-ring (bicyclic) bond motifs is 1. The summed E-state index contributed by atoms with van der Waals surface area (Å²) in [4.78, 5) is 14.4. The topological polar surface area (TPSA) is 120 Å². The van der Waals surface area contributed by atoms with Gasteiger partial charge in [0.1, 0.15) is 22.1 Å². The molecule has 0 aliphatic heterocycles. The first-order valence-electron chi connectivity index (χ1n) is 10.3. The third kappa shape index (κ3) is 5.15. The Morgan fingerprint density at radius 2 is 2.00 bits per heavy atom. The van der Waals surface area contributed by atoms with Crippen molar-refractivity contribution in [1.82, 2.24) is 30.1 Å². The fourth-order valence-corrected chi connectivity index (χ4v) is 4.56. The van der Waals surface area contributed by atoms with Gasteiger partial charge in [0, 0.05) is 11.6 Å². The Hall–Kier alpha value is -2.69. The van der Waals surface area contributed by atoms with Crippen LogP contribution in [-0.4, -0.2) is 47.7 Å². The Balaban J connectivity index is 0.000000129. The molecule has 0 atom stereocenters. The van der Waals surface area contributed by atoms with Gasteiger partial charge in [-0.2, -0.15) is 10.2 Å². The number of carbonyl (C=O) groups is 1. The van der Waals surface area contributed by atoms with Crippen LogP contribution >= 0.6 is 15.9 Å². The van der Waals surface area contributed by atoms with Crippen LogP contribution in [0.5, 0.6) is 0 Å². The number of nitrogens with one attached hydrogen (secondary N) is 3. The Morgan fingerprint density at radius 1 is 1.26 bits per heavy atom. The van der Waals surface area contributed by atoms with Crippen molar-refractivity contribution in [1.29, 1.82) is 0 Å². The molecule has 7 rings (SSSR count). The molecule has 11 heteroatoms. The summed E-state index contributed by atoms with van der Waals surface area (Å²) in [6.07, 6.45) is 10.9. The summed E-state index contributed by atoms with van der Waals surface area (Å²) in [6.45, 7) is 0. The van der Waals surface area contributed by atoms with Crippen molar-refractivity contribution in [2.75, 3.05) is 5.32 Å². The zero-order chi connectivity index (χ0) is 21.8. The molecule has 0 aromatic carbocycles. The summed E-state index contributed by atoms with van der Waals surface area (Å²) >= 11 is 3.38. The van der Waals surface area contributed by atoms with Crippen LogP contribution in [0, 0.1) is 5.92 Å². The summed E-state index contributed by atoms with van der Waals surface area (Å²) in [6, 6.07) is 3.72. The summed E-state index contributed by atoms with van der Waals surface area (Å²) in [5.41, 5.74) is 0.931. The molecule has 3 aromatic rings. The summed E-state index contributed by atoms with van der Waals surface area (Å²) in [5, 5.41) is 24.8. The minimum atomic E-state index is -0.867. The molecule has 166 valence electrons. The number of carboxylic acid groups (broad SMARTS) is 1. The Bertz CT molecular complexity index is 1000. The quantitative estimate of drug-likeness (QED) is 0.420. The second-order valence-electron chi connectivity index (χ2n) is 8.22. The molecule has 3 heterocycles. The number of hydrogen-bond donors (Lipinski definition) is 4. The molecule has 4 N–H and O–H groups in total. The first kappa shape index (κ1) is 21.5. The van der Waals surface area contributed by atoms with Gasteiger partial charge >= 0.3 is 6.09 Å². The van der Waals surface area contributed by atoms with E-state index < -0.39 is 12.3 Å². The average molecular weight is 494 g/mol. The van der Waals surface area contributed by atoms with Crippen molar-refractivity contribution in [2.24, 2.45) is 5.92 Å². The minimum Gasteiger partial charge on any atom is -0.465 e. The van der Waals surface area contributed by atoms with E-state index in [0.29, 0.717) is 0 Å². The molecule has 31 heavy (non-hydrogen) atoms. The summed E-state index contributed by atoms with van der Waals surface area (Å²) in [7, 11) is 0. The normalized spacial score (nSPS) is 23.5. The number of aromatic nitrogens is 5. The van der Waals surface area contributed by atoms with Gasteiger partial charge < -0.3 is 15.7 Å². The van der Waals surface area contributed by atoms with E-state index in [-0.39, 0.29) is 5.54 Å². The van der Waals surface area contributed by atoms with Crippen molar-refractivity contribution >= 4 is 39.2 Å². The van der Waals surface area contributed by atoms with Gasteiger partial charge in [-0.1, -0.05) is 12.8 Å². The SMILES string of the molecule is Brc1cnc(Nc2ccn[nH]2)c2ccnn12.FC1CCCC1.O=C(O)NC12CC(C1)C2. The molecule has 4 aliphatic carbocycles. The second-order valence-corrected chi connectivity index (χ2v) is 9.04. The van der Waals surface area contributed by atoms with Gasteiger partial charge in [0.2, 0.25) is 0 Å². The number of amides is 1. The van der Waals surface area contributed by atoms with Gasteiger partial charge in [-0.15, -0.1) is 0 Å². The van der Waals surface area contributed by atoms with Crippen LogP contribution in [0.25, 0.3) is 5.52 Å². The third-order valence-corrected chi connectivity index (χ3v) is 6.38. The van der Waals surface area contributed by atoms with Gasteiger partial charge in [0.05, 0.1) is 18.6 Å². The van der Waals surface area contributed by atoms with Gasteiger partial charge in [-0.3, -0.25) is 5.10 Å². The molecule has 1 amide bonds. The number of halogens is 2. The molecule has 4 aliphatic rings. The van der Waals surface area contributed by atoms with Gasteiger partial charge in [0.15, 0.2) is 5.82 Å². The fourth-order valence-electron chi connectivity index (χ4n) is 4.18. The van der Waals surface area contributed by atoms with Crippen LogP contribution < -0.4 is 10.6 Å². The van der Waals surface area contributed by atoms with Crippen LogP contribution in [0.4, 0.5) is 20.8 Å². The van der Waals surface area contributed by atoms with Crippen molar-refractivity contribution in [2.45, 2.75) is 56.7 Å². The lowest BCUT2D eigenvalue weighted by Gasteiger charge is -2.61. The predicted octanol–water partition coefficient (Wildman–Crippen LogP) is 4.66. The fraction of sp³-hybridized carbons (Fsp3) is 0.500. The van der Waals surface area contributed by atoms with Crippen molar-refractivity contribution in [3.63, 3.8) is 0 Å². The first-order chi connectivity index (χ1) is 14.9. The van der Waals surface area contributed by atoms with Gasteiger partial charge in [-0.05, 0) is 60.0 Å². The maximum atomic E-state index is 11.9. The zero-order valence-electron chi connectivity index (χ0n) is 16.9. The van der Waals surface area contributed by atoms with E-state index in [0.717, 1.165) is 72.6 Å². The second kappa shape index (κ2) is 9.21. The van der Waals surface area contributed by atoms with Crippen LogP contribution in [-0.2, 0) is 0 Å². The lowest BCUT2D eigenvalue weighted by Crippen LogP contribution is -2.67. The highest BCUT2D eigenvalue weighted by Gasteiger charge is 2.57. The third-order valence-electron chi connectivity index (χ3n) is 5.84. The molecule has 3 aromatic heterocycles. The molecule has 0 radical (unpaired) electrons. The molecule has 0 unspecified atom stereocenters. The number of nitrogens with zero attached hydrogens (tertiary/aromatic N) is 4. The number of alkyl halides is 1. The van der Waals surface area contributed by atoms with E-state index in [9.17, 15) is 9.18 Å². The van der Waals surface area contributed by atoms with Gasteiger partial charge in [0.25, 0.3) is 0 Å². The van der Waals surface area contributed by atoms with E-state index in [1.165, 1.54) is 0 Å². The van der Waals surface area contributed by atoms with Crippen molar-refractivity contribution in [3.05, 3.63) is 35.3 Å². The van der Waals surface area contributed by atoms with E-state index >= 15 is 0 Å². The van der Waals surface area contributed by atoms with Crippen LogP contribution in [0.15, 0.2) is 35.3 Å². The highest BCUT2D eigenvalue weighted by atomic mass is 79.9. The van der Waals surface area contributed by atoms with Crippen LogP contribution in [0.3, 0.4) is 0 Å². The predicted molar refractivity (Wildman–Crippen MR) is 117 cm³/mol. The maximum Gasteiger partial charge on any atom is 0.405 e. The lowest BCUT2D eigenvalue weighted by molar-refractivity contribution is -0.0448. The largest absolute Gasteiger partial charge is 0.465 e. The monoisotopic (exact) mass is 493 g/mol.